The first-order valence-corrected chi connectivity index (χ1v) is 36.4. The van der Waals surface area contributed by atoms with Crippen LogP contribution in [0.5, 0.6) is 0 Å². The Hall–Kier alpha value is -1.99. The molecular weight excluding hydrogens is 976 g/mol. The van der Waals surface area contributed by atoms with E-state index in [1.165, 1.54) is 342 Å². The Morgan fingerprint density at radius 1 is 0.286 bits per heavy atom. The van der Waals surface area contributed by atoms with Gasteiger partial charge in [0.15, 0.2) is 0 Å². The third-order valence-electron chi connectivity index (χ3n) is 17.0. The Labute approximate surface area is 488 Å². The number of aryl methyl sites for hydroxylation is 2. The van der Waals surface area contributed by atoms with Gasteiger partial charge in [0, 0.05) is 22.8 Å². The van der Waals surface area contributed by atoms with Crippen LogP contribution >= 0.6 is 0 Å². The minimum atomic E-state index is 0.927. The molecule has 0 radical (unpaired) electrons. The van der Waals surface area contributed by atoms with Gasteiger partial charge in [0.25, 0.3) is 0 Å². The van der Waals surface area contributed by atoms with Gasteiger partial charge in [-0.25, -0.2) is 4.70 Å². The molecule has 1 aliphatic rings. The molecule has 2 aromatic rings. The first-order chi connectivity index (χ1) is 38.1. The molecule has 0 bridgehead atoms. The average Bonchev–Trinajstić information content (AvgIpc) is 3.77. The summed E-state index contributed by atoms with van der Waals surface area (Å²) in [6.07, 6.45) is 76.3. The molecule has 0 unspecified atom stereocenters. The Kier molecular flexibility index (Phi) is 50.4. The monoisotopic (exact) mass is 1100 g/mol. The van der Waals surface area contributed by atoms with Crippen molar-refractivity contribution in [3.63, 3.8) is 0 Å². The molecular formula is C74H130N2Ni. The molecule has 0 saturated heterocycles. The van der Waals surface area contributed by atoms with Gasteiger partial charge >= 0.3 is 26.2 Å². The van der Waals surface area contributed by atoms with Gasteiger partial charge in [0.05, 0.1) is 0 Å². The van der Waals surface area contributed by atoms with Crippen molar-refractivity contribution >= 4 is 11.4 Å². The van der Waals surface area contributed by atoms with Crippen molar-refractivity contribution in [3.05, 3.63) is 88.0 Å². The second-order valence-corrected chi connectivity index (χ2v) is 25.3. The van der Waals surface area contributed by atoms with Gasteiger partial charge in [-0.15, -0.1) is 0 Å². The standard InChI is InChI=1S/C72H124N2.2CH3.Ni/c1-4-7-10-13-16-18-20-22-24-26-28-30-32-34-36-38-40-42-44-46-48-51-54-66-57-61-68(62-58-66)71-65-70(56-53-50-15-12-9-6-3)72(74(71)73)69-63-59-67(60-64-69)55-52-49-47-45-43-41-39-37-35-33-31-29-27-25-23-21-19-17-14-11-8-5-2;;;/h57-65H,4-56H2,1-3H3;2*1H3;. The molecule has 2 nitrogen and oxygen atoms in total. The number of benzene rings is 2. The summed E-state index contributed by atoms with van der Waals surface area (Å²) in [7, 11) is 0. The van der Waals surface area contributed by atoms with Gasteiger partial charge in [-0.1, -0.05) is 347 Å². The molecule has 0 N–H and O–H groups in total. The van der Waals surface area contributed by atoms with Crippen LogP contribution in [0.2, 0.25) is 11.8 Å². The van der Waals surface area contributed by atoms with Crippen LogP contribution in [0.3, 0.4) is 0 Å². The van der Waals surface area contributed by atoms with E-state index in [0.29, 0.717) is 0 Å². The Bertz CT molecular complexity index is 1640. The van der Waals surface area contributed by atoms with Gasteiger partial charge in [-0.3, -0.25) is 0 Å². The van der Waals surface area contributed by atoms with Crippen LogP contribution in [-0.2, 0) is 27.3 Å². The second kappa shape index (κ2) is 54.6. The summed E-state index contributed by atoms with van der Waals surface area (Å²) in [5.41, 5.74) is 20.1. The summed E-state index contributed by atoms with van der Waals surface area (Å²) in [4.78, 5) is 0. The molecule has 0 atom stereocenters. The molecule has 0 aromatic heterocycles. The van der Waals surface area contributed by atoms with Crippen LogP contribution in [0, 0.1) is 0 Å². The molecule has 0 fully saturated rings. The molecule has 446 valence electrons. The van der Waals surface area contributed by atoms with Crippen molar-refractivity contribution in [2.75, 3.05) is 0 Å². The fourth-order valence-electron chi connectivity index (χ4n) is 11.9. The van der Waals surface area contributed by atoms with Crippen molar-refractivity contribution < 1.29 is 19.1 Å². The van der Waals surface area contributed by atoms with E-state index in [2.05, 4.69) is 87.2 Å². The third-order valence-corrected chi connectivity index (χ3v) is 17.0. The molecule has 0 amide bonds. The normalized spacial score (nSPS) is 12.5. The zero-order chi connectivity index (χ0) is 55.2. The zero-order valence-electron chi connectivity index (χ0n) is 52.4. The van der Waals surface area contributed by atoms with Crippen molar-refractivity contribution in [1.29, 1.82) is 0 Å². The molecule has 0 spiro atoms. The number of unbranched alkanes of at least 4 members (excludes halogenated alkanes) is 47. The summed E-state index contributed by atoms with van der Waals surface area (Å²) in [6.45, 7) is 6.91. The predicted octanol–water partition coefficient (Wildman–Crippen LogP) is 26.7. The molecule has 0 saturated carbocycles. The first kappa shape index (κ1) is 71.1. The summed E-state index contributed by atoms with van der Waals surface area (Å²) < 4.78 is 1.51. The van der Waals surface area contributed by atoms with E-state index in [1.54, 1.807) is 14.4 Å². The first-order valence-electron chi connectivity index (χ1n) is 34.4. The molecule has 2 aromatic carbocycles. The van der Waals surface area contributed by atoms with Crippen molar-refractivity contribution in [1.82, 2.24) is 0 Å². The van der Waals surface area contributed by atoms with E-state index in [1.807, 2.05) is 0 Å². The third kappa shape index (κ3) is 40.0. The zero-order valence-corrected chi connectivity index (χ0v) is 53.4. The number of hydrogen-bond acceptors (Lipinski definition) is 0. The summed E-state index contributed by atoms with van der Waals surface area (Å²) in [6, 6.07) is 18.3. The van der Waals surface area contributed by atoms with Gasteiger partial charge in [0.2, 0.25) is 11.4 Å². The van der Waals surface area contributed by atoms with Crippen LogP contribution in [0.15, 0.2) is 60.2 Å². The van der Waals surface area contributed by atoms with Crippen molar-refractivity contribution in [2.45, 2.75) is 373 Å². The van der Waals surface area contributed by atoms with Crippen LogP contribution in [0.25, 0.3) is 16.9 Å². The molecule has 1 heterocycles. The molecule has 77 heavy (non-hydrogen) atoms. The van der Waals surface area contributed by atoms with E-state index in [0.717, 1.165) is 41.8 Å². The molecule has 0 aliphatic carbocycles. The van der Waals surface area contributed by atoms with Gasteiger partial charge in [-0.05, 0) is 73.9 Å². The van der Waals surface area contributed by atoms with Crippen molar-refractivity contribution in [3.8, 4) is 0 Å². The van der Waals surface area contributed by atoms with E-state index < -0.39 is 0 Å². The van der Waals surface area contributed by atoms with E-state index in [9.17, 15) is 5.53 Å². The maximum absolute atomic E-state index is 11.8. The van der Waals surface area contributed by atoms with Crippen LogP contribution in [0.4, 0.5) is 0 Å². The number of hydrogen-bond donors (Lipinski definition) is 0. The molecule has 3 heteroatoms. The number of allylic oxidation sites excluding steroid dienone is 2. The molecule has 3 rings (SSSR count). The maximum atomic E-state index is 11.8. The topological polar surface area (TPSA) is 25.3 Å². The van der Waals surface area contributed by atoms with Crippen LogP contribution < -0.4 is 0 Å². The van der Waals surface area contributed by atoms with E-state index in [4.69, 9.17) is 0 Å². The average molecular weight is 1110 g/mol. The predicted molar refractivity (Wildman–Crippen MR) is 343 cm³/mol. The summed E-state index contributed by atoms with van der Waals surface area (Å²) in [5, 5.41) is 0. The van der Waals surface area contributed by atoms with Gasteiger partial charge in [0.1, 0.15) is 0 Å². The number of nitrogens with zero attached hydrogens (tertiary/aromatic N) is 2. The Balaban J connectivity index is 0.00000659. The molecule has 1 aliphatic heterocycles. The van der Waals surface area contributed by atoms with Crippen LogP contribution in [-0.4, -0.2) is 4.70 Å². The van der Waals surface area contributed by atoms with E-state index >= 15 is 0 Å². The Morgan fingerprint density at radius 3 is 0.740 bits per heavy atom. The minimum absolute atomic E-state index is 0.927. The fraction of sp³-hybridized carbons (Fsp3) is 0.784. The second-order valence-electron chi connectivity index (χ2n) is 24.3. The van der Waals surface area contributed by atoms with Crippen LogP contribution in [0.1, 0.15) is 370 Å². The summed E-state index contributed by atoms with van der Waals surface area (Å²) >= 11 is 1.62. The van der Waals surface area contributed by atoms with Crippen molar-refractivity contribution in [2.24, 2.45) is 0 Å². The SMILES string of the molecule is CCCCCCCCCCCCCCCCCCCCCCCCc1ccc(C2=CC(CCCCCCCC)=C(c3ccc(CCCCCCCCCCCCCCCCCCCCCCCC)cc3)[N+]2=[N-])cc1.[CH3][Ni][CH3]. The van der Waals surface area contributed by atoms with E-state index in [-0.39, 0.29) is 0 Å². The van der Waals surface area contributed by atoms with Gasteiger partial charge < -0.3 is 5.53 Å². The number of rotatable bonds is 55. The van der Waals surface area contributed by atoms with Gasteiger partial charge in [-0.2, -0.15) is 0 Å². The Morgan fingerprint density at radius 2 is 0.494 bits per heavy atom. The fourth-order valence-corrected chi connectivity index (χ4v) is 11.9. The summed E-state index contributed by atoms with van der Waals surface area (Å²) in [5.74, 6) is 4.12. The quantitative estimate of drug-likeness (QED) is 0.0358.